The molecular formula is C12H14F2N2O4. The fraction of sp³-hybridized carbons (Fsp3) is 0.333. The number of primary amides is 1. The number of hydrogen-bond acceptors (Lipinski definition) is 4. The maximum absolute atomic E-state index is 12.7. The van der Waals surface area contributed by atoms with Gasteiger partial charge in [-0.05, 0) is 12.1 Å². The standard InChI is InChI=1S/C12H14F2N2O4/c13-12(14,7-17)6-16-10(18)5-20-9-4-2-1-3-8(9)11(15)19/h1-4,17H,5-7H2,(H2,15,19)(H,16,18). The quantitative estimate of drug-likeness (QED) is 0.652. The van der Waals surface area contributed by atoms with Crippen LogP contribution in [-0.4, -0.2) is 42.6 Å². The number of ether oxygens (including phenoxy) is 1. The summed E-state index contributed by atoms with van der Waals surface area (Å²) < 4.78 is 30.4. The van der Waals surface area contributed by atoms with Gasteiger partial charge in [0.25, 0.3) is 17.7 Å². The molecule has 1 aromatic carbocycles. The minimum absolute atomic E-state index is 0.0842. The van der Waals surface area contributed by atoms with Crippen molar-refractivity contribution < 1.29 is 28.2 Å². The van der Waals surface area contributed by atoms with E-state index in [0.717, 1.165) is 0 Å². The first-order valence-electron chi connectivity index (χ1n) is 5.63. The Morgan fingerprint density at radius 3 is 2.60 bits per heavy atom. The van der Waals surface area contributed by atoms with Crippen LogP contribution < -0.4 is 15.8 Å². The van der Waals surface area contributed by atoms with Crippen molar-refractivity contribution in [1.82, 2.24) is 5.32 Å². The van der Waals surface area contributed by atoms with E-state index in [4.69, 9.17) is 15.6 Å². The molecule has 2 amide bonds. The van der Waals surface area contributed by atoms with Crippen LogP contribution in [0.1, 0.15) is 10.4 Å². The van der Waals surface area contributed by atoms with E-state index in [1.165, 1.54) is 12.1 Å². The normalized spacial score (nSPS) is 10.9. The number of carbonyl (C=O) groups excluding carboxylic acids is 2. The lowest BCUT2D eigenvalue weighted by Crippen LogP contribution is -2.40. The summed E-state index contributed by atoms with van der Waals surface area (Å²) in [7, 11) is 0. The lowest BCUT2D eigenvalue weighted by Gasteiger charge is -2.14. The predicted octanol–water partition coefficient (Wildman–Crippen LogP) is -0.0919. The summed E-state index contributed by atoms with van der Waals surface area (Å²) in [5.74, 6) is -4.84. The molecule has 0 atom stereocenters. The molecule has 110 valence electrons. The molecule has 0 aliphatic rings. The SMILES string of the molecule is NC(=O)c1ccccc1OCC(=O)NCC(F)(F)CO. The first-order valence-corrected chi connectivity index (χ1v) is 5.63. The maximum Gasteiger partial charge on any atom is 0.287 e. The number of para-hydroxylation sites is 1. The van der Waals surface area contributed by atoms with Gasteiger partial charge in [0.05, 0.1) is 12.1 Å². The van der Waals surface area contributed by atoms with Gasteiger partial charge < -0.3 is 20.9 Å². The number of halogens is 2. The van der Waals surface area contributed by atoms with Gasteiger partial charge >= 0.3 is 0 Å². The van der Waals surface area contributed by atoms with E-state index in [9.17, 15) is 18.4 Å². The van der Waals surface area contributed by atoms with Crippen LogP contribution in [0.2, 0.25) is 0 Å². The molecule has 0 unspecified atom stereocenters. The van der Waals surface area contributed by atoms with Gasteiger partial charge in [-0.1, -0.05) is 12.1 Å². The van der Waals surface area contributed by atoms with Gasteiger partial charge in [-0.25, -0.2) is 8.78 Å². The molecule has 6 nitrogen and oxygen atoms in total. The zero-order valence-corrected chi connectivity index (χ0v) is 10.4. The molecule has 0 fully saturated rings. The van der Waals surface area contributed by atoms with Gasteiger partial charge in [0, 0.05) is 0 Å². The highest BCUT2D eigenvalue weighted by molar-refractivity contribution is 5.95. The summed E-state index contributed by atoms with van der Waals surface area (Å²) in [4.78, 5) is 22.4. The van der Waals surface area contributed by atoms with E-state index >= 15 is 0 Å². The van der Waals surface area contributed by atoms with Gasteiger partial charge in [-0.3, -0.25) is 9.59 Å². The summed E-state index contributed by atoms with van der Waals surface area (Å²) in [5.41, 5.74) is 5.19. The summed E-state index contributed by atoms with van der Waals surface area (Å²) in [6.45, 7) is -2.91. The number of hydrogen-bond donors (Lipinski definition) is 3. The fourth-order valence-electron chi connectivity index (χ4n) is 1.27. The Balaban J connectivity index is 2.52. The van der Waals surface area contributed by atoms with E-state index in [0.29, 0.717) is 0 Å². The fourth-order valence-corrected chi connectivity index (χ4v) is 1.27. The van der Waals surface area contributed by atoms with Gasteiger partial charge in [-0.2, -0.15) is 0 Å². The second-order valence-electron chi connectivity index (χ2n) is 3.94. The van der Waals surface area contributed by atoms with Crippen LogP contribution in [0.25, 0.3) is 0 Å². The lowest BCUT2D eigenvalue weighted by molar-refractivity contribution is -0.126. The summed E-state index contributed by atoms with van der Waals surface area (Å²) in [6.07, 6.45) is 0. The van der Waals surface area contributed by atoms with Crippen LogP contribution in [0.15, 0.2) is 24.3 Å². The molecule has 1 rings (SSSR count). The maximum atomic E-state index is 12.7. The van der Waals surface area contributed by atoms with Crippen molar-refractivity contribution in [2.75, 3.05) is 19.8 Å². The minimum atomic E-state index is -3.39. The molecule has 0 spiro atoms. The number of nitrogens with two attached hydrogens (primary N) is 1. The van der Waals surface area contributed by atoms with Gasteiger partial charge in [0.2, 0.25) is 0 Å². The van der Waals surface area contributed by atoms with Crippen molar-refractivity contribution in [2.45, 2.75) is 5.92 Å². The first-order chi connectivity index (χ1) is 9.35. The third-order valence-corrected chi connectivity index (χ3v) is 2.29. The number of nitrogens with one attached hydrogen (secondary N) is 1. The van der Waals surface area contributed by atoms with Crippen molar-refractivity contribution in [3.8, 4) is 5.75 Å². The Morgan fingerprint density at radius 2 is 2.00 bits per heavy atom. The molecule has 20 heavy (non-hydrogen) atoms. The topological polar surface area (TPSA) is 102 Å². The second kappa shape index (κ2) is 6.80. The molecule has 0 saturated carbocycles. The highest BCUT2D eigenvalue weighted by atomic mass is 19.3. The molecule has 0 bridgehead atoms. The van der Waals surface area contributed by atoms with Gasteiger partial charge in [0.15, 0.2) is 6.61 Å². The third kappa shape index (κ3) is 4.81. The Labute approximate surface area is 113 Å². The van der Waals surface area contributed by atoms with E-state index in [-0.39, 0.29) is 11.3 Å². The van der Waals surface area contributed by atoms with Crippen molar-refractivity contribution in [1.29, 1.82) is 0 Å². The number of aliphatic hydroxyl groups is 1. The van der Waals surface area contributed by atoms with E-state index in [1.54, 1.807) is 12.1 Å². The molecule has 0 saturated heterocycles. The number of alkyl halides is 2. The minimum Gasteiger partial charge on any atom is -0.483 e. The summed E-state index contributed by atoms with van der Waals surface area (Å²) in [6, 6.07) is 5.97. The molecule has 8 heteroatoms. The van der Waals surface area contributed by atoms with Crippen LogP contribution in [0, 0.1) is 0 Å². The van der Waals surface area contributed by atoms with Crippen LogP contribution in [0.5, 0.6) is 5.75 Å². The molecule has 1 aromatic rings. The predicted molar refractivity (Wildman–Crippen MR) is 65.5 cm³/mol. The molecular weight excluding hydrogens is 274 g/mol. The van der Waals surface area contributed by atoms with Crippen LogP contribution in [0.4, 0.5) is 8.78 Å². The highest BCUT2D eigenvalue weighted by Crippen LogP contribution is 2.17. The molecule has 0 aliphatic heterocycles. The van der Waals surface area contributed by atoms with Gasteiger partial charge in [-0.15, -0.1) is 0 Å². The average Bonchev–Trinajstić information content (AvgIpc) is 2.43. The van der Waals surface area contributed by atoms with E-state index in [2.05, 4.69) is 0 Å². The lowest BCUT2D eigenvalue weighted by atomic mass is 10.2. The number of aliphatic hydroxyl groups excluding tert-OH is 1. The Kier molecular flexibility index (Phi) is 5.39. The molecule has 0 heterocycles. The monoisotopic (exact) mass is 288 g/mol. The number of amides is 2. The van der Waals surface area contributed by atoms with E-state index in [1.807, 2.05) is 5.32 Å². The molecule has 0 aromatic heterocycles. The number of carbonyl (C=O) groups is 2. The zero-order valence-electron chi connectivity index (χ0n) is 10.4. The van der Waals surface area contributed by atoms with Crippen LogP contribution >= 0.6 is 0 Å². The second-order valence-corrected chi connectivity index (χ2v) is 3.94. The largest absolute Gasteiger partial charge is 0.483 e. The van der Waals surface area contributed by atoms with Crippen molar-refractivity contribution >= 4 is 11.8 Å². The van der Waals surface area contributed by atoms with Crippen LogP contribution in [-0.2, 0) is 4.79 Å². The van der Waals surface area contributed by atoms with Crippen molar-refractivity contribution in [3.05, 3.63) is 29.8 Å². The van der Waals surface area contributed by atoms with Crippen molar-refractivity contribution in [2.24, 2.45) is 5.73 Å². The molecule has 0 radical (unpaired) electrons. The zero-order chi connectivity index (χ0) is 15.2. The molecule has 4 N–H and O–H groups in total. The Bertz CT molecular complexity index is 494. The molecule has 0 aliphatic carbocycles. The number of benzene rings is 1. The summed E-state index contributed by atoms with van der Waals surface area (Å²) in [5, 5.41) is 10.2. The first kappa shape index (κ1) is 15.8. The number of rotatable bonds is 7. The third-order valence-electron chi connectivity index (χ3n) is 2.29. The Morgan fingerprint density at radius 1 is 1.35 bits per heavy atom. The van der Waals surface area contributed by atoms with Crippen LogP contribution in [0.3, 0.4) is 0 Å². The summed E-state index contributed by atoms with van der Waals surface area (Å²) >= 11 is 0. The average molecular weight is 288 g/mol. The van der Waals surface area contributed by atoms with Gasteiger partial charge in [0.1, 0.15) is 12.4 Å². The highest BCUT2D eigenvalue weighted by Gasteiger charge is 2.28. The van der Waals surface area contributed by atoms with E-state index < -0.39 is 37.5 Å². The smallest absolute Gasteiger partial charge is 0.287 e. The Hall–Kier alpha value is -2.22. The van der Waals surface area contributed by atoms with Crippen molar-refractivity contribution in [3.63, 3.8) is 0 Å².